The molecule has 0 radical (unpaired) electrons. The fourth-order valence-electron chi connectivity index (χ4n) is 1.22. The van der Waals surface area contributed by atoms with Crippen LogP contribution in [0, 0.1) is 11.4 Å². The molecule has 14 heavy (non-hydrogen) atoms. The molecule has 5 heteroatoms. The van der Waals surface area contributed by atoms with E-state index in [2.05, 4.69) is 22.0 Å². The molecule has 0 aromatic carbocycles. The van der Waals surface area contributed by atoms with Crippen molar-refractivity contribution in [3.8, 4) is 0 Å². The predicted octanol–water partition coefficient (Wildman–Crippen LogP) is 1.49. The SMILES string of the molecule is C=N/N=C(\N=N)C1=CCC(CN)C=C1. The Labute approximate surface area is 82.6 Å². The average Bonchev–Trinajstić information content (AvgIpc) is 2.26. The van der Waals surface area contributed by atoms with Gasteiger partial charge >= 0.3 is 0 Å². The van der Waals surface area contributed by atoms with Crippen LogP contribution in [0.15, 0.2) is 39.1 Å². The standard InChI is InChI=1S/C9H13N5/c1-12-14-9(13-11)8-4-2-7(6-10)3-5-8/h2,4-5,7,11H,1,3,6,10H2/b13-11?,14-9-. The van der Waals surface area contributed by atoms with Crippen molar-refractivity contribution >= 4 is 12.6 Å². The topological polar surface area (TPSA) is 87.0 Å². The number of amidine groups is 1. The molecule has 0 saturated heterocycles. The van der Waals surface area contributed by atoms with Gasteiger partial charge in [0.25, 0.3) is 0 Å². The summed E-state index contributed by atoms with van der Waals surface area (Å²) in [6.07, 6.45) is 6.68. The van der Waals surface area contributed by atoms with Crippen molar-refractivity contribution < 1.29 is 0 Å². The van der Waals surface area contributed by atoms with E-state index in [1.54, 1.807) is 0 Å². The summed E-state index contributed by atoms with van der Waals surface area (Å²) < 4.78 is 0. The third kappa shape index (κ3) is 2.43. The Morgan fingerprint density at radius 3 is 2.93 bits per heavy atom. The van der Waals surface area contributed by atoms with E-state index in [0.29, 0.717) is 12.5 Å². The third-order valence-electron chi connectivity index (χ3n) is 2.02. The minimum atomic E-state index is 0.284. The average molecular weight is 191 g/mol. The summed E-state index contributed by atoms with van der Waals surface area (Å²) in [4.78, 5) is 0. The lowest BCUT2D eigenvalue weighted by Gasteiger charge is -2.12. The van der Waals surface area contributed by atoms with Crippen LogP contribution in [0.3, 0.4) is 0 Å². The Bertz CT molecular complexity index is 313. The van der Waals surface area contributed by atoms with Gasteiger partial charge in [-0.1, -0.05) is 18.2 Å². The lowest BCUT2D eigenvalue weighted by atomic mass is 9.96. The van der Waals surface area contributed by atoms with Crippen LogP contribution < -0.4 is 5.73 Å². The highest BCUT2D eigenvalue weighted by atomic mass is 15.2. The maximum absolute atomic E-state index is 6.90. The van der Waals surface area contributed by atoms with Gasteiger partial charge in [-0.3, -0.25) is 0 Å². The Kier molecular flexibility index (Phi) is 3.87. The molecule has 0 bridgehead atoms. The van der Waals surface area contributed by atoms with Crippen molar-refractivity contribution in [2.45, 2.75) is 6.42 Å². The molecule has 0 aromatic heterocycles. The summed E-state index contributed by atoms with van der Waals surface area (Å²) in [7, 11) is 0. The molecule has 1 atom stereocenters. The number of nitrogens with zero attached hydrogens (tertiary/aromatic N) is 3. The highest BCUT2D eigenvalue weighted by molar-refractivity contribution is 6.01. The number of hydrogen-bond acceptors (Lipinski definition) is 4. The van der Waals surface area contributed by atoms with Gasteiger partial charge in [0.05, 0.1) is 0 Å². The summed E-state index contributed by atoms with van der Waals surface area (Å²) in [6, 6.07) is 0. The Balaban J connectivity index is 2.77. The highest BCUT2D eigenvalue weighted by Crippen LogP contribution is 2.16. The molecular weight excluding hydrogens is 178 g/mol. The third-order valence-corrected chi connectivity index (χ3v) is 2.02. The van der Waals surface area contributed by atoms with Crippen LogP contribution in [0.2, 0.25) is 0 Å². The van der Waals surface area contributed by atoms with Crippen molar-refractivity contribution in [1.82, 2.24) is 0 Å². The van der Waals surface area contributed by atoms with Crippen molar-refractivity contribution in [2.75, 3.05) is 6.54 Å². The van der Waals surface area contributed by atoms with E-state index in [4.69, 9.17) is 11.3 Å². The molecule has 0 spiro atoms. The monoisotopic (exact) mass is 191 g/mol. The first kappa shape index (κ1) is 10.5. The zero-order chi connectivity index (χ0) is 10.4. The minimum absolute atomic E-state index is 0.284. The fraction of sp³-hybridized carbons (Fsp3) is 0.333. The highest BCUT2D eigenvalue weighted by Gasteiger charge is 2.10. The number of allylic oxidation sites excluding steroid dienone is 1. The molecule has 1 aliphatic rings. The first-order chi connectivity index (χ1) is 6.81. The summed E-state index contributed by atoms with van der Waals surface area (Å²) >= 11 is 0. The van der Waals surface area contributed by atoms with E-state index in [0.717, 1.165) is 12.0 Å². The van der Waals surface area contributed by atoms with E-state index in [9.17, 15) is 0 Å². The molecule has 0 aliphatic heterocycles. The van der Waals surface area contributed by atoms with E-state index in [1.807, 2.05) is 18.2 Å². The summed E-state index contributed by atoms with van der Waals surface area (Å²) in [5, 5.41) is 10.3. The molecule has 0 aromatic rings. The molecule has 0 heterocycles. The molecule has 0 fully saturated rings. The fourth-order valence-corrected chi connectivity index (χ4v) is 1.22. The molecule has 5 nitrogen and oxygen atoms in total. The molecule has 1 aliphatic carbocycles. The second-order valence-corrected chi connectivity index (χ2v) is 2.93. The van der Waals surface area contributed by atoms with E-state index >= 15 is 0 Å². The summed E-state index contributed by atoms with van der Waals surface area (Å²) in [6.45, 7) is 3.85. The van der Waals surface area contributed by atoms with Crippen LogP contribution in [0.1, 0.15) is 6.42 Å². The summed E-state index contributed by atoms with van der Waals surface area (Å²) in [5.74, 6) is 0.661. The smallest absolute Gasteiger partial charge is 0.202 e. The van der Waals surface area contributed by atoms with Crippen LogP contribution in [0.25, 0.3) is 0 Å². The van der Waals surface area contributed by atoms with E-state index in [-0.39, 0.29) is 5.84 Å². The van der Waals surface area contributed by atoms with Gasteiger partial charge in [0.1, 0.15) is 0 Å². The van der Waals surface area contributed by atoms with Crippen molar-refractivity contribution in [1.29, 1.82) is 5.53 Å². The van der Waals surface area contributed by atoms with Crippen molar-refractivity contribution in [3.05, 3.63) is 23.8 Å². The van der Waals surface area contributed by atoms with E-state index < -0.39 is 0 Å². The first-order valence-electron chi connectivity index (χ1n) is 4.31. The molecule has 0 amide bonds. The van der Waals surface area contributed by atoms with Crippen molar-refractivity contribution in [3.63, 3.8) is 0 Å². The minimum Gasteiger partial charge on any atom is -0.330 e. The Morgan fingerprint density at radius 1 is 1.71 bits per heavy atom. The maximum Gasteiger partial charge on any atom is 0.202 e. The van der Waals surface area contributed by atoms with Gasteiger partial charge in [0.2, 0.25) is 5.84 Å². The van der Waals surface area contributed by atoms with Gasteiger partial charge in [-0.2, -0.15) is 5.10 Å². The zero-order valence-electron chi connectivity index (χ0n) is 7.85. The van der Waals surface area contributed by atoms with Gasteiger partial charge in [-0.25, -0.2) is 5.53 Å². The number of rotatable bonds is 3. The lowest BCUT2D eigenvalue weighted by molar-refractivity contribution is 0.667. The first-order valence-corrected chi connectivity index (χ1v) is 4.31. The zero-order valence-corrected chi connectivity index (χ0v) is 7.85. The molecule has 3 N–H and O–H groups in total. The quantitative estimate of drug-likeness (QED) is 0.301. The van der Waals surface area contributed by atoms with E-state index in [1.165, 1.54) is 0 Å². The normalized spacial score (nSPS) is 21.6. The Hall–Kier alpha value is -1.62. The second kappa shape index (κ2) is 5.18. The van der Waals surface area contributed by atoms with Gasteiger partial charge in [0.15, 0.2) is 0 Å². The molecule has 0 saturated carbocycles. The Morgan fingerprint density at radius 2 is 2.50 bits per heavy atom. The van der Waals surface area contributed by atoms with Gasteiger partial charge < -0.3 is 5.73 Å². The predicted molar refractivity (Wildman–Crippen MR) is 56.5 cm³/mol. The molecule has 1 unspecified atom stereocenters. The van der Waals surface area contributed by atoms with Crippen molar-refractivity contribution in [2.24, 2.45) is 27.0 Å². The lowest BCUT2D eigenvalue weighted by Crippen LogP contribution is -2.14. The van der Waals surface area contributed by atoms with Crippen LogP contribution in [-0.2, 0) is 0 Å². The van der Waals surface area contributed by atoms with Gasteiger partial charge in [-0.15, -0.1) is 10.2 Å². The van der Waals surface area contributed by atoms with Gasteiger partial charge in [0, 0.05) is 12.3 Å². The number of nitrogens with one attached hydrogen (secondary N) is 1. The van der Waals surface area contributed by atoms with Crippen LogP contribution in [0.4, 0.5) is 0 Å². The van der Waals surface area contributed by atoms with Crippen LogP contribution >= 0.6 is 0 Å². The summed E-state index contributed by atoms with van der Waals surface area (Å²) in [5.41, 5.74) is 13.2. The van der Waals surface area contributed by atoms with Crippen LogP contribution in [-0.4, -0.2) is 19.1 Å². The largest absolute Gasteiger partial charge is 0.330 e. The number of hydrogen-bond donors (Lipinski definition) is 2. The van der Waals surface area contributed by atoms with Crippen LogP contribution in [0.5, 0.6) is 0 Å². The van der Waals surface area contributed by atoms with Gasteiger partial charge in [-0.05, 0) is 18.9 Å². The molecule has 1 rings (SSSR count). The maximum atomic E-state index is 6.90. The molecular formula is C9H13N5. The number of nitrogens with two attached hydrogens (primary N) is 1. The second-order valence-electron chi connectivity index (χ2n) is 2.93. The molecule has 74 valence electrons.